The first-order valence-electron chi connectivity index (χ1n) is 9.52. The summed E-state index contributed by atoms with van der Waals surface area (Å²) in [5, 5.41) is 16.9. The Balaban J connectivity index is 1.57. The summed E-state index contributed by atoms with van der Waals surface area (Å²) in [5.41, 5.74) is 3.70. The molecule has 1 N–H and O–H groups in total. The monoisotopic (exact) mass is 390 g/mol. The number of pyridine rings is 1. The fourth-order valence-electron chi connectivity index (χ4n) is 3.35. The molecule has 2 aromatic heterocycles. The van der Waals surface area contributed by atoms with Crippen molar-refractivity contribution in [2.24, 2.45) is 5.10 Å². The van der Waals surface area contributed by atoms with Gasteiger partial charge in [-0.1, -0.05) is 18.2 Å². The molecule has 0 bridgehead atoms. The van der Waals surface area contributed by atoms with E-state index in [1.54, 1.807) is 0 Å². The van der Waals surface area contributed by atoms with E-state index >= 15 is 0 Å². The van der Waals surface area contributed by atoms with Gasteiger partial charge in [0.15, 0.2) is 11.5 Å². The molecule has 0 radical (unpaired) electrons. The minimum Gasteiger partial charge on any atom is -0.341 e. The zero-order chi connectivity index (χ0) is 20.5. The van der Waals surface area contributed by atoms with Gasteiger partial charge in [0.2, 0.25) is 5.91 Å². The van der Waals surface area contributed by atoms with Crippen LogP contribution in [0.5, 0.6) is 0 Å². The van der Waals surface area contributed by atoms with Crippen molar-refractivity contribution in [1.29, 1.82) is 0 Å². The van der Waals surface area contributed by atoms with Gasteiger partial charge in [-0.3, -0.25) is 14.0 Å². The third-order valence-electron chi connectivity index (χ3n) is 4.96. The highest BCUT2D eigenvalue weighted by molar-refractivity contribution is 6.40. The van der Waals surface area contributed by atoms with E-state index in [1.165, 1.54) is 5.01 Å². The van der Waals surface area contributed by atoms with Crippen LogP contribution in [-0.4, -0.2) is 32.1 Å². The Kier molecular flexibility index (Phi) is 4.84. The summed E-state index contributed by atoms with van der Waals surface area (Å²) >= 11 is 0. The standard InChI is InChI=1S/C21H22N6O2/c1-13-7-8-14(2)17(12-13)27-19(28)10-9-16(25-27)21(29)22-15(3)20-24-23-18-6-4-5-11-26(18)20/h4-8,11-12,15H,9-10H2,1-3H3,(H,22,29)/t15-/m0/s1. The zero-order valence-corrected chi connectivity index (χ0v) is 16.6. The second-order valence-electron chi connectivity index (χ2n) is 7.22. The number of benzene rings is 1. The van der Waals surface area contributed by atoms with Crippen LogP contribution in [0.2, 0.25) is 0 Å². The Morgan fingerprint density at radius 1 is 1.14 bits per heavy atom. The largest absolute Gasteiger partial charge is 0.341 e. The number of aryl methyl sites for hydroxylation is 2. The number of carbonyl (C=O) groups excluding carboxylic acids is 2. The van der Waals surface area contributed by atoms with Gasteiger partial charge in [0.25, 0.3) is 5.91 Å². The van der Waals surface area contributed by atoms with E-state index in [0.29, 0.717) is 29.3 Å². The lowest BCUT2D eigenvalue weighted by atomic mass is 10.1. The molecular weight excluding hydrogens is 368 g/mol. The van der Waals surface area contributed by atoms with Crippen molar-refractivity contribution in [3.8, 4) is 0 Å². The van der Waals surface area contributed by atoms with Crippen LogP contribution in [0.25, 0.3) is 5.65 Å². The molecule has 1 aliphatic rings. The number of fused-ring (bicyclic) bond motifs is 1. The molecule has 1 aliphatic heterocycles. The van der Waals surface area contributed by atoms with Crippen LogP contribution in [0.15, 0.2) is 47.7 Å². The van der Waals surface area contributed by atoms with Crippen LogP contribution in [-0.2, 0) is 9.59 Å². The van der Waals surface area contributed by atoms with E-state index < -0.39 is 0 Å². The van der Waals surface area contributed by atoms with E-state index in [2.05, 4.69) is 20.6 Å². The van der Waals surface area contributed by atoms with Crippen LogP contribution in [0.1, 0.15) is 42.8 Å². The lowest BCUT2D eigenvalue weighted by Crippen LogP contribution is -2.40. The molecule has 3 heterocycles. The first kappa shape index (κ1) is 18.8. The molecule has 0 saturated heterocycles. The SMILES string of the molecule is Cc1ccc(C)c(N2N=C(C(=O)N[C@@H](C)c3nnc4ccccn34)CCC2=O)c1. The molecule has 1 aromatic carbocycles. The van der Waals surface area contributed by atoms with Crippen molar-refractivity contribution in [1.82, 2.24) is 19.9 Å². The van der Waals surface area contributed by atoms with Gasteiger partial charge in [-0.2, -0.15) is 5.10 Å². The van der Waals surface area contributed by atoms with Crippen LogP contribution in [0.4, 0.5) is 5.69 Å². The molecule has 148 valence electrons. The smallest absolute Gasteiger partial charge is 0.268 e. The number of hydrogen-bond donors (Lipinski definition) is 1. The van der Waals surface area contributed by atoms with E-state index in [1.807, 2.05) is 67.8 Å². The van der Waals surface area contributed by atoms with Gasteiger partial charge in [-0.15, -0.1) is 10.2 Å². The minimum absolute atomic E-state index is 0.119. The Hall–Kier alpha value is -3.55. The number of rotatable bonds is 4. The Bertz CT molecular complexity index is 1130. The number of hydrogen-bond acceptors (Lipinski definition) is 5. The van der Waals surface area contributed by atoms with Crippen molar-refractivity contribution < 1.29 is 9.59 Å². The third kappa shape index (κ3) is 3.61. The molecule has 3 aromatic rings. The summed E-state index contributed by atoms with van der Waals surface area (Å²) in [6.07, 6.45) is 2.40. The molecule has 0 unspecified atom stereocenters. The molecular formula is C21H22N6O2. The summed E-state index contributed by atoms with van der Waals surface area (Å²) in [4.78, 5) is 25.3. The molecule has 4 rings (SSSR count). The Morgan fingerprint density at radius 3 is 2.79 bits per heavy atom. The van der Waals surface area contributed by atoms with E-state index in [0.717, 1.165) is 11.1 Å². The van der Waals surface area contributed by atoms with Crippen molar-refractivity contribution in [2.75, 3.05) is 5.01 Å². The molecule has 1 atom stereocenters. The predicted octanol–water partition coefficient (Wildman–Crippen LogP) is 2.71. The molecule has 0 aliphatic carbocycles. The normalized spacial score (nSPS) is 15.3. The molecule has 0 fully saturated rings. The number of aromatic nitrogens is 3. The molecule has 0 saturated carbocycles. The lowest BCUT2D eigenvalue weighted by molar-refractivity contribution is -0.119. The van der Waals surface area contributed by atoms with Gasteiger partial charge in [-0.05, 0) is 50.1 Å². The molecule has 8 heteroatoms. The topological polar surface area (TPSA) is 92.0 Å². The third-order valence-corrected chi connectivity index (χ3v) is 4.96. The van der Waals surface area contributed by atoms with Gasteiger partial charge in [0.1, 0.15) is 5.71 Å². The van der Waals surface area contributed by atoms with Gasteiger partial charge < -0.3 is 5.32 Å². The minimum atomic E-state index is -0.366. The first-order chi connectivity index (χ1) is 13.9. The zero-order valence-electron chi connectivity index (χ0n) is 16.6. The second-order valence-corrected chi connectivity index (χ2v) is 7.22. The number of carbonyl (C=O) groups is 2. The number of nitrogens with zero attached hydrogens (tertiary/aromatic N) is 5. The van der Waals surface area contributed by atoms with Crippen molar-refractivity contribution in [2.45, 2.75) is 39.7 Å². The molecule has 0 spiro atoms. The Labute approximate surface area is 168 Å². The first-order valence-corrected chi connectivity index (χ1v) is 9.52. The van der Waals surface area contributed by atoms with E-state index in [9.17, 15) is 9.59 Å². The van der Waals surface area contributed by atoms with Crippen LogP contribution < -0.4 is 10.3 Å². The highest BCUT2D eigenvalue weighted by Gasteiger charge is 2.28. The maximum absolute atomic E-state index is 12.8. The van der Waals surface area contributed by atoms with Gasteiger partial charge in [-0.25, -0.2) is 5.01 Å². The maximum atomic E-state index is 12.8. The number of nitrogens with one attached hydrogen (secondary N) is 1. The maximum Gasteiger partial charge on any atom is 0.268 e. The highest BCUT2D eigenvalue weighted by Crippen LogP contribution is 2.25. The van der Waals surface area contributed by atoms with Crippen molar-refractivity contribution >= 4 is 28.9 Å². The van der Waals surface area contributed by atoms with Crippen molar-refractivity contribution in [3.05, 3.63) is 59.5 Å². The number of hydrazone groups is 1. The fraction of sp³-hybridized carbons (Fsp3) is 0.286. The van der Waals surface area contributed by atoms with E-state index in [-0.39, 0.29) is 24.3 Å². The quantitative estimate of drug-likeness (QED) is 0.741. The van der Waals surface area contributed by atoms with Gasteiger partial charge in [0.05, 0.1) is 11.7 Å². The van der Waals surface area contributed by atoms with E-state index in [4.69, 9.17) is 0 Å². The Morgan fingerprint density at radius 2 is 1.97 bits per heavy atom. The van der Waals surface area contributed by atoms with Gasteiger partial charge >= 0.3 is 0 Å². The summed E-state index contributed by atoms with van der Waals surface area (Å²) in [6.45, 7) is 5.72. The summed E-state index contributed by atoms with van der Waals surface area (Å²) in [6, 6.07) is 11.1. The predicted molar refractivity (Wildman–Crippen MR) is 110 cm³/mol. The molecule has 2 amide bonds. The number of anilines is 1. The average molecular weight is 390 g/mol. The van der Waals surface area contributed by atoms with Crippen LogP contribution in [0, 0.1) is 13.8 Å². The summed E-state index contributed by atoms with van der Waals surface area (Å²) < 4.78 is 1.83. The van der Waals surface area contributed by atoms with Gasteiger partial charge in [0, 0.05) is 19.0 Å². The summed E-state index contributed by atoms with van der Waals surface area (Å²) in [7, 11) is 0. The average Bonchev–Trinajstić information content (AvgIpc) is 3.14. The molecule has 29 heavy (non-hydrogen) atoms. The lowest BCUT2D eigenvalue weighted by Gasteiger charge is -2.25. The number of amides is 2. The molecule has 8 nitrogen and oxygen atoms in total. The second kappa shape index (κ2) is 7.46. The highest BCUT2D eigenvalue weighted by atomic mass is 16.2. The fourth-order valence-corrected chi connectivity index (χ4v) is 3.35. The van der Waals surface area contributed by atoms with Crippen molar-refractivity contribution in [3.63, 3.8) is 0 Å². The summed E-state index contributed by atoms with van der Waals surface area (Å²) in [5.74, 6) is 0.201. The van der Waals surface area contributed by atoms with Crippen LogP contribution in [0.3, 0.4) is 0 Å². The van der Waals surface area contributed by atoms with Crippen LogP contribution >= 0.6 is 0 Å².